The van der Waals surface area contributed by atoms with Crippen LogP contribution in [-0.4, -0.2) is 34.4 Å². The van der Waals surface area contributed by atoms with E-state index in [-0.39, 0.29) is 11.6 Å². The van der Waals surface area contributed by atoms with Crippen LogP contribution in [0.3, 0.4) is 0 Å². The molecule has 2 heterocycles. The molecule has 2 aromatic rings. The number of aryl methyl sites for hydroxylation is 1. The molecule has 0 aliphatic rings. The monoisotopic (exact) mass is 324 g/mol. The minimum atomic E-state index is -0.217. The lowest BCUT2D eigenvalue weighted by atomic mass is 10.3. The summed E-state index contributed by atoms with van der Waals surface area (Å²) in [6.07, 6.45) is 0. The molecule has 0 aliphatic heterocycles. The summed E-state index contributed by atoms with van der Waals surface area (Å²) in [7, 11) is 1.72. The molecule has 0 aliphatic carbocycles. The van der Waals surface area contributed by atoms with Crippen LogP contribution < -0.4 is 5.32 Å². The van der Waals surface area contributed by atoms with Crippen molar-refractivity contribution >= 4 is 34.7 Å². The highest BCUT2D eigenvalue weighted by Crippen LogP contribution is 2.19. The summed E-state index contributed by atoms with van der Waals surface area (Å²) < 4.78 is 0. The second-order valence-corrected chi connectivity index (χ2v) is 6.05. The Morgan fingerprint density at radius 1 is 1.43 bits per heavy atom. The number of amides is 1. The van der Waals surface area contributed by atoms with Crippen LogP contribution in [0.5, 0.6) is 0 Å². The normalized spacial score (nSPS) is 10.5. The number of hydrogen-bond acceptors (Lipinski definition) is 5. The first-order chi connectivity index (χ1) is 10.0. The van der Waals surface area contributed by atoms with Crippen molar-refractivity contribution in [3.8, 4) is 0 Å². The van der Waals surface area contributed by atoms with Crippen molar-refractivity contribution in [2.24, 2.45) is 0 Å². The molecule has 0 atom stereocenters. The van der Waals surface area contributed by atoms with Crippen LogP contribution in [0.4, 0.5) is 5.82 Å². The molecule has 1 amide bonds. The first kappa shape index (κ1) is 15.7. The van der Waals surface area contributed by atoms with Crippen LogP contribution >= 0.6 is 22.9 Å². The van der Waals surface area contributed by atoms with Gasteiger partial charge in [-0.2, -0.15) is 0 Å². The molecular formula is C14H17ClN4OS. The second-order valence-electron chi connectivity index (χ2n) is 4.58. The molecule has 7 heteroatoms. The molecule has 0 saturated carbocycles. The highest BCUT2D eigenvalue weighted by atomic mass is 35.5. The maximum atomic E-state index is 12.5. The third-order valence-electron chi connectivity index (χ3n) is 2.82. The number of carbonyl (C=O) groups excluding carboxylic acids is 1. The Morgan fingerprint density at radius 2 is 2.19 bits per heavy atom. The van der Waals surface area contributed by atoms with Gasteiger partial charge in [-0.05, 0) is 26.0 Å². The number of halogens is 1. The molecule has 5 nitrogen and oxygen atoms in total. The quantitative estimate of drug-likeness (QED) is 0.917. The number of anilines is 1. The molecule has 0 radical (unpaired) electrons. The lowest BCUT2D eigenvalue weighted by Crippen LogP contribution is -2.27. The molecule has 2 rings (SSSR count). The number of nitrogens with one attached hydrogen (secondary N) is 1. The molecule has 0 unspecified atom stereocenters. The molecule has 21 heavy (non-hydrogen) atoms. The van der Waals surface area contributed by atoms with Gasteiger partial charge in [0, 0.05) is 19.0 Å². The minimum Gasteiger partial charge on any atom is -0.370 e. The first-order valence-electron chi connectivity index (χ1n) is 6.58. The van der Waals surface area contributed by atoms with Crippen molar-refractivity contribution in [1.82, 2.24) is 14.9 Å². The lowest BCUT2D eigenvalue weighted by Gasteiger charge is -2.16. The fourth-order valence-corrected chi connectivity index (χ4v) is 2.64. The summed E-state index contributed by atoms with van der Waals surface area (Å²) in [6, 6.07) is 3.44. The fraction of sp³-hybridized carbons (Fsp3) is 0.357. The fourth-order valence-electron chi connectivity index (χ4n) is 1.85. The summed E-state index contributed by atoms with van der Waals surface area (Å²) in [6.45, 7) is 5.08. The van der Waals surface area contributed by atoms with Gasteiger partial charge in [-0.1, -0.05) is 11.6 Å². The van der Waals surface area contributed by atoms with E-state index in [1.165, 1.54) is 0 Å². The van der Waals surface area contributed by atoms with Crippen molar-refractivity contribution in [3.05, 3.63) is 38.9 Å². The number of rotatable bonds is 5. The number of pyridine rings is 1. The van der Waals surface area contributed by atoms with Crippen LogP contribution in [-0.2, 0) is 6.54 Å². The van der Waals surface area contributed by atoms with Gasteiger partial charge in [-0.3, -0.25) is 4.79 Å². The SMILES string of the molecule is CCNc1ccc(Cl)c(C(=O)N(C)Cc2csc(C)n2)n1. The van der Waals surface area contributed by atoms with E-state index < -0.39 is 0 Å². The van der Waals surface area contributed by atoms with E-state index in [2.05, 4.69) is 15.3 Å². The Kier molecular flexibility index (Phi) is 5.14. The summed E-state index contributed by atoms with van der Waals surface area (Å²) in [5, 5.41) is 6.35. The van der Waals surface area contributed by atoms with E-state index in [0.717, 1.165) is 17.2 Å². The van der Waals surface area contributed by atoms with Gasteiger partial charge < -0.3 is 10.2 Å². The molecule has 0 fully saturated rings. The van der Waals surface area contributed by atoms with Crippen LogP contribution in [0.25, 0.3) is 0 Å². The maximum absolute atomic E-state index is 12.5. The standard InChI is InChI=1S/C14H17ClN4OS/c1-4-16-12-6-5-11(15)13(18-12)14(20)19(3)7-10-8-21-9(2)17-10/h5-6,8H,4,7H2,1-3H3,(H,16,18). The molecule has 0 spiro atoms. The Bertz CT molecular complexity index is 644. The zero-order chi connectivity index (χ0) is 15.4. The van der Waals surface area contributed by atoms with Gasteiger partial charge in [0.05, 0.1) is 22.3 Å². The van der Waals surface area contributed by atoms with Crippen LogP contribution in [0.2, 0.25) is 5.02 Å². The van der Waals surface area contributed by atoms with Crippen molar-refractivity contribution < 1.29 is 4.79 Å². The van der Waals surface area contributed by atoms with Crippen molar-refractivity contribution in [3.63, 3.8) is 0 Å². The summed E-state index contributed by atoms with van der Waals surface area (Å²) in [4.78, 5) is 22.7. The molecule has 112 valence electrons. The number of hydrogen-bond donors (Lipinski definition) is 1. The lowest BCUT2D eigenvalue weighted by molar-refractivity contribution is 0.0778. The zero-order valence-electron chi connectivity index (χ0n) is 12.2. The highest BCUT2D eigenvalue weighted by Gasteiger charge is 2.18. The van der Waals surface area contributed by atoms with Gasteiger partial charge in [-0.25, -0.2) is 9.97 Å². The van der Waals surface area contributed by atoms with Crippen LogP contribution in [0.15, 0.2) is 17.5 Å². The zero-order valence-corrected chi connectivity index (χ0v) is 13.8. The Labute approximate surface area is 133 Å². The van der Waals surface area contributed by atoms with E-state index in [4.69, 9.17) is 11.6 Å². The van der Waals surface area contributed by atoms with E-state index in [9.17, 15) is 4.79 Å². The van der Waals surface area contributed by atoms with Gasteiger partial charge in [0.1, 0.15) is 11.5 Å². The van der Waals surface area contributed by atoms with E-state index in [0.29, 0.717) is 17.4 Å². The van der Waals surface area contributed by atoms with Gasteiger partial charge in [0.2, 0.25) is 0 Å². The van der Waals surface area contributed by atoms with Gasteiger partial charge in [-0.15, -0.1) is 11.3 Å². The largest absolute Gasteiger partial charge is 0.370 e. The Morgan fingerprint density at radius 3 is 2.81 bits per heavy atom. The van der Waals surface area contributed by atoms with Gasteiger partial charge >= 0.3 is 0 Å². The Balaban J connectivity index is 2.16. The number of carbonyl (C=O) groups is 1. The Hall–Kier alpha value is -1.66. The smallest absolute Gasteiger partial charge is 0.274 e. The summed E-state index contributed by atoms with van der Waals surface area (Å²) >= 11 is 7.66. The van der Waals surface area contributed by atoms with Crippen molar-refractivity contribution in [1.29, 1.82) is 0 Å². The number of aromatic nitrogens is 2. The van der Waals surface area contributed by atoms with E-state index in [1.807, 2.05) is 19.2 Å². The second kappa shape index (κ2) is 6.87. The maximum Gasteiger partial charge on any atom is 0.274 e. The first-order valence-corrected chi connectivity index (χ1v) is 7.84. The predicted octanol–water partition coefficient (Wildman–Crippen LogP) is 3.20. The molecular weight excluding hydrogens is 308 g/mol. The van der Waals surface area contributed by atoms with Crippen molar-refractivity contribution in [2.45, 2.75) is 20.4 Å². The molecule has 1 N–H and O–H groups in total. The van der Waals surface area contributed by atoms with E-state index >= 15 is 0 Å². The predicted molar refractivity (Wildman–Crippen MR) is 86.1 cm³/mol. The third-order valence-corrected chi connectivity index (χ3v) is 3.95. The summed E-state index contributed by atoms with van der Waals surface area (Å²) in [5.41, 5.74) is 1.12. The minimum absolute atomic E-state index is 0.217. The average Bonchev–Trinajstić information content (AvgIpc) is 2.85. The van der Waals surface area contributed by atoms with E-state index in [1.54, 1.807) is 35.4 Å². The summed E-state index contributed by atoms with van der Waals surface area (Å²) in [5.74, 6) is 0.425. The number of nitrogens with zero attached hydrogens (tertiary/aromatic N) is 3. The average molecular weight is 325 g/mol. The van der Waals surface area contributed by atoms with Crippen LogP contribution in [0, 0.1) is 6.92 Å². The van der Waals surface area contributed by atoms with Crippen molar-refractivity contribution in [2.75, 3.05) is 18.9 Å². The molecule has 2 aromatic heterocycles. The topological polar surface area (TPSA) is 58.1 Å². The molecule has 0 bridgehead atoms. The highest BCUT2D eigenvalue weighted by molar-refractivity contribution is 7.09. The third kappa shape index (κ3) is 3.92. The van der Waals surface area contributed by atoms with Gasteiger partial charge in [0.25, 0.3) is 5.91 Å². The molecule has 0 saturated heterocycles. The van der Waals surface area contributed by atoms with Crippen LogP contribution in [0.1, 0.15) is 28.1 Å². The molecule has 0 aromatic carbocycles. The van der Waals surface area contributed by atoms with Gasteiger partial charge in [0.15, 0.2) is 0 Å². The number of thiazole rings is 1.